The highest BCUT2D eigenvalue weighted by molar-refractivity contribution is 5.87. The van der Waals surface area contributed by atoms with Gasteiger partial charge in [0, 0.05) is 12.2 Å². The minimum absolute atomic E-state index is 0.248. The number of rotatable bonds is 7. The summed E-state index contributed by atoms with van der Waals surface area (Å²) in [6.45, 7) is 3.87. The smallest absolute Gasteiger partial charge is 0.333 e. The first-order chi connectivity index (χ1) is 6.22. The molecule has 0 aromatic rings. The highest BCUT2D eigenvalue weighted by Gasteiger charge is 2.04. The largest absolute Gasteiger partial charge is 0.466 e. The van der Waals surface area contributed by atoms with E-state index in [1.54, 1.807) is 0 Å². The van der Waals surface area contributed by atoms with Crippen LogP contribution < -0.4 is 0 Å². The molecule has 0 atom stereocenters. The fourth-order valence-corrected chi connectivity index (χ4v) is 1.05. The van der Waals surface area contributed by atoms with Crippen molar-refractivity contribution < 1.29 is 14.6 Å². The molecular weight excluding hydrogens is 168 g/mol. The van der Waals surface area contributed by atoms with Crippen molar-refractivity contribution in [3.05, 3.63) is 12.2 Å². The number of aliphatic hydroxyl groups excluding tert-OH is 1. The topological polar surface area (TPSA) is 46.5 Å². The van der Waals surface area contributed by atoms with Crippen molar-refractivity contribution in [3.8, 4) is 0 Å². The molecule has 0 heterocycles. The number of carbonyl (C=O) groups is 1. The second-order valence-corrected chi connectivity index (χ2v) is 2.98. The van der Waals surface area contributed by atoms with Gasteiger partial charge >= 0.3 is 5.97 Å². The zero-order chi connectivity index (χ0) is 10.1. The Hall–Kier alpha value is -0.830. The normalized spacial score (nSPS) is 9.69. The van der Waals surface area contributed by atoms with Gasteiger partial charge in [0.1, 0.15) is 0 Å². The standard InChI is InChI=1S/C10H18O3/c1-9(10(12)13-2)7-5-3-4-6-8-11/h11H,1,3-8H2,2H3. The molecular formula is C10H18O3. The van der Waals surface area contributed by atoms with Crippen molar-refractivity contribution in [2.75, 3.05) is 13.7 Å². The maximum Gasteiger partial charge on any atom is 0.333 e. The van der Waals surface area contributed by atoms with E-state index in [-0.39, 0.29) is 12.6 Å². The molecule has 13 heavy (non-hydrogen) atoms. The maximum atomic E-state index is 10.9. The first kappa shape index (κ1) is 12.2. The minimum atomic E-state index is -0.317. The summed E-state index contributed by atoms with van der Waals surface area (Å²) in [5.74, 6) is -0.317. The van der Waals surface area contributed by atoms with Gasteiger partial charge < -0.3 is 9.84 Å². The van der Waals surface area contributed by atoms with Crippen molar-refractivity contribution >= 4 is 5.97 Å². The van der Waals surface area contributed by atoms with Gasteiger partial charge in [-0.25, -0.2) is 4.79 Å². The van der Waals surface area contributed by atoms with Crippen LogP contribution in [0.5, 0.6) is 0 Å². The number of hydrogen-bond acceptors (Lipinski definition) is 3. The van der Waals surface area contributed by atoms with Crippen LogP contribution in [0, 0.1) is 0 Å². The summed E-state index contributed by atoms with van der Waals surface area (Å²) < 4.78 is 4.51. The molecule has 0 aromatic heterocycles. The highest BCUT2D eigenvalue weighted by Crippen LogP contribution is 2.09. The van der Waals surface area contributed by atoms with Crippen LogP contribution in [0.4, 0.5) is 0 Å². The summed E-state index contributed by atoms with van der Waals surface area (Å²) in [4.78, 5) is 10.9. The molecule has 0 amide bonds. The molecule has 76 valence electrons. The van der Waals surface area contributed by atoms with E-state index in [1.807, 2.05) is 0 Å². The van der Waals surface area contributed by atoms with Crippen LogP contribution in [0.15, 0.2) is 12.2 Å². The van der Waals surface area contributed by atoms with Gasteiger partial charge in [0.15, 0.2) is 0 Å². The quantitative estimate of drug-likeness (QED) is 0.373. The lowest BCUT2D eigenvalue weighted by atomic mass is 10.1. The highest BCUT2D eigenvalue weighted by atomic mass is 16.5. The first-order valence-electron chi connectivity index (χ1n) is 4.59. The lowest BCUT2D eigenvalue weighted by Crippen LogP contribution is -2.03. The second kappa shape index (κ2) is 7.80. The number of carbonyl (C=O) groups excluding carboxylic acids is 1. The number of unbranched alkanes of at least 4 members (excludes halogenated alkanes) is 3. The second-order valence-electron chi connectivity index (χ2n) is 2.98. The molecule has 0 fully saturated rings. The van der Waals surface area contributed by atoms with Gasteiger partial charge in [-0.15, -0.1) is 0 Å². The van der Waals surface area contributed by atoms with Gasteiger partial charge in [-0.2, -0.15) is 0 Å². The third-order valence-corrected chi connectivity index (χ3v) is 1.86. The minimum Gasteiger partial charge on any atom is -0.466 e. The first-order valence-corrected chi connectivity index (χ1v) is 4.59. The average Bonchev–Trinajstić information content (AvgIpc) is 2.16. The Balaban J connectivity index is 3.32. The maximum absolute atomic E-state index is 10.9. The molecule has 0 unspecified atom stereocenters. The summed E-state index contributed by atoms with van der Waals surface area (Å²) >= 11 is 0. The van der Waals surface area contributed by atoms with Crippen LogP contribution in [0.2, 0.25) is 0 Å². The zero-order valence-electron chi connectivity index (χ0n) is 8.21. The monoisotopic (exact) mass is 186 g/mol. The lowest BCUT2D eigenvalue weighted by molar-refractivity contribution is -0.136. The third-order valence-electron chi connectivity index (χ3n) is 1.86. The Morgan fingerprint density at radius 3 is 2.46 bits per heavy atom. The van der Waals surface area contributed by atoms with Gasteiger partial charge in [0.2, 0.25) is 0 Å². The summed E-state index contributed by atoms with van der Waals surface area (Å²) in [7, 11) is 1.36. The molecule has 3 heteroatoms. The van der Waals surface area contributed by atoms with E-state index in [4.69, 9.17) is 5.11 Å². The summed E-state index contributed by atoms with van der Waals surface area (Å²) in [6.07, 6.45) is 4.50. The van der Waals surface area contributed by atoms with Crippen LogP contribution in [0.25, 0.3) is 0 Å². The number of esters is 1. The lowest BCUT2D eigenvalue weighted by Gasteiger charge is -2.02. The average molecular weight is 186 g/mol. The van der Waals surface area contributed by atoms with Crippen LogP contribution in [-0.4, -0.2) is 24.8 Å². The van der Waals surface area contributed by atoms with Crippen LogP contribution in [0.1, 0.15) is 32.1 Å². The van der Waals surface area contributed by atoms with E-state index in [1.165, 1.54) is 7.11 Å². The van der Waals surface area contributed by atoms with Crippen LogP contribution >= 0.6 is 0 Å². The van der Waals surface area contributed by atoms with E-state index >= 15 is 0 Å². The Labute approximate surface area is 79.4 Å². The van der Waals surface area contributed by atoms with Crippen molar-refractivity contribution in [3.63, 3.8) is 0 Å². The van der Waals surface area contributed by atoms with E-state index in [0.717, 1.165) is 25.7 Å². The van der Waals surface area contributed by atoms with Crippen LogP contribution in [-0.2, 0) is 9.53 Å². The summed E-state index contributed by atoms with van der Waals surface area (Å²) in [6, 6.07) is 0. The number of methoxy groups -OCH3 is 1. The summed E-state index contributed by atoms with van der Waals surface area (Å²) in [5, 5.41) is 8.51. The van der Waals surface area contributed by atoms with Gasteiger partial charge in [0.05, 0.1) is 7.11 Å². The molecule has 0 aliphatic heterocycles. The van der Waals surface area contributed by atoms with Crippen molar-refractivity contribution in [1.82, 2.24) is 0 Å². The fraction of sp³-hybridized carbons (Fsp3) is 0.700. The number of ether oxygens (including phenoxy) is 1. The van der Waals surface area contributed by atoms with E-state index in [9.17, 15) is 4.79 Å². The van der Waals surface area contributed by atoms with Crippen LogP contribution in [0.3, 0.4) is 0 Å². The molecule has 0 radical (unpaired) electrons. The molecule has 0 spiro atoms. The predicted octanol–water partition coefficient (Wildman–Crippen LogP) is 1.66. The Bertz CT molecular complexity index is 164. The molecule has 0 saturated heterocycles. The number of aliphatic hydroxyl groups is 1. The molecule has 3 nitrogen and oxygen atoms in total. The summed E-state index contributed by atoms with van der Waals surface area (Å²) in [5.41, 5.74) is 0.534. The molecule has 0 aromatic carbocycles. The van der Waals surface area contributed by atoms with Gasteiger partial charge in [-0.1, -0.05) is 19.4 Å². The molecule has 0 aliphatic carbocycles. The van der Waals surface area contributed by atoms with Crippen molar-refractivity contribution in [2.45, 2.75) is 32.1 Å². The third kappa shape index (κ3) is 6.34. The van der Waals surface area contributed by atoms with E-state index < -0.39 is 0 Å². The SMILES string of the molecule is C=C(CCCCCCO)C(=O)OC. The molecule has 0 aliphatic rings. The molecule has 1 N–H and O–H groups in total. The van der Waals surface area contributed by atoms with Crippen molar-refractivity contribution in [2.24, 2.45) is 0 Å². The Morgan fingerprint density at radius 1 is 1.31 bits per heavy atom. The number of hydrogen-bond donors (Lipinski definition) is 1. The van der Waals surface area contributed by atoms with Crippen molar-refractivity contribution in [1.29, 1.82) is 0 Å². The van der Waals surface area contributed by atoms with Gasteiger partial charge in [0.25, 0.3) is 0 Å². The molecule has 0 saturated carbocycles. The predicted molar refractivity (Wildman–Crippen MR) is 51.3 cm³/mol. The van der Waals surface area contributed by atoms with Gasteiger partial charge in [-0.3, -0.25) is 0 Å². The Kier molecular flexibility index (Phi) is 7.30. The molecule has 0 bridgehead atoms. The molecule has 0 rings (SSSR count). The Morgan fingerprint density at radius 2 is 1.92 bits per heavy atom. The van der Waals surface area contributed by atoms with E-state index in [2.05, 4.69) is 11.3 Å². The zero-order valence-corrected chi connectivity index (χ0v) is 8.21. The fourth-order valence-electron chi connectivity index (χ4n) is 1.05. The van der Waals surface area contributed by atoms with E-state index in [0.29, 0.717) is 12.0 Å². The van der Waals surface area contributed by atoms with Gasteiger partial charge in [-0.05, 0) is 19.3 Å².